The summed E-state index contributed by atoms with van der Waals surface area (Å²) in [5.41, 5.74) is 8.51. The van der Waals surface area contributed by atoms with Crippen LogP contribution in [0.25, 0.3) is 0 Å². The summed E-state index contributed by atoms with van der Waals surface area (Å²) < 4.78 is 23.1. The maximum Gasteiger partial charge on any atom is 0.340 e. The van der Waals surface area contributed by atoms with Crippen LogP contribution in [-0.4, -0.2) is 31.9 Å². The van der Waals surface area contributed by atoms with Crippen molar-refractivity contribution in [1.82, 2.24) is 4.57 Å². The minimum Gasteiger partial charge on any atom is -0.493 e. The van der Waals surface area contributed by atoms with E-state index in [9.17, 15) is 9.59 Å². The Hall–Kier alpha value is -3.91. The van der Waals surface area contributed by atoms with Crippen molar-refractivity contribution < 1.29 is 23.7 Å². The van der Waals surface area contributed by atoms with Crippen molar-refractivity contribution >= 4 is 17.6 Å². The molecule has 36 heavy (non-hydrogen) atoms. The molecule has 0 fully saturated rings. The highest BCUT2D eigenvalue weighted by atomic mass is 35.5. The third-order valence-corrected chi connectivity index (χ3v) is 6.46. The molecule has 1 aliphatic heterocycles. The van der Waals surface area contributed by atoms with Crippen LogP contribution in [0, 0.1) is 6.92 Å². The molecule has 0 radical (unpaired) electrons. The van der Waals surface area contributed by atoms with Crippen LogP contribution in [0.3, 0.4) is 0 Å². The van der Waals surface area contributed by atoms with Gasteiger partial charge in [0, 0.05) is 23.3 Å². The van der Waals surface area contributed by atoms with Crippen molar-refractivity contribution in [3.63, 3.8) is 0 Å². The molecule has 1 aliphatic rings. The topological polar surface area (TPSA) is 102 Å². The minimum absolute atomic E-state index is 0.0552. The van der Waals surface area contributed by atoms with E-state index >= 15 is 0 Å². The number of hydrogen-bond donors (Lipinski definition) is 1. The number of aromatic nitrogens is 1. The van der Waals surface area contributed by atoms with Crippen LogP contribution in [0.1, 0.15) is 28.3 Å². The fourth-order valence-electron chi connectivity index (χ4n) is 4.47. The number of ether oxygens (including phenoxy) is 4. The number of aryl methyl sites for hydroxylation is 2. The van der Waals surface area contributed by atoms with E-state index in [-0.39, 0.29) is 17.0 Å². The largest absolute Gasteiger partial charge is 0.493 e. The van der Waals surface area contributed by atoms with Crippen LogP contribution in [0.15, 0.2) is 64.8 Å². The molecule has 1 atom stereocenters. The van der Waals surface area contributed by atoms with Crippen molar-refractivity contribution in [3.05, 3.63) is 97.7 Å². The van der Waals surface area contributed by atoms with Gasteiger partial charge in [-0.15, -0.1) is 0 Å². The number of nitrogens with two attached hydrogens (primary N) is 1. The normalized spacial score (nSPS) is 14.6. The summed E-state index contributed by atoms with van der Waals surface area (Å²) >= 11 is 6.25. The maximum absolute atomic E-state index is 13.9. The van der Waals surface area contributed by atoms with E-state index in [2.05, 4.69) is 0 Å². The highest BCUT2D eigenvalue weighted by Crippen LogP contribution is 2.41. The SMILES string of the molecule is COC(=O)C1=C(N)Oc2cc(C)n(CCc3ccc(OC)c(OC)c3)c(=O)c2[C@H]1c1cccc(Cl)c1. The number of carbonyl (C=O) groups is 1. The molecule has 0 spiro atoms. The smallest absolute Gasteiger partial charge is 0.340 e. The average Bonchev–Trinajstić information content (AvgIpc) is 2.87. The second-order valence-electron chi connectivity index (χ2n) is 8.32. The zero-order valence-corrected chi connectivity index (χ0v) is 21.2. The molecular formula is C27H27ClN2O6. The second-order valence-corrected chi connectivity index (χ2v) is 8.76. The Bertz CT molecular complexity index is 1410. The lowest BCUT2D eigenvalue weighted by molar-refractivity contribution is -0.136. The predicted molar refractivity (Wildman–Crippen MR) is 136 cm³/mol. The Morgan fingerprint density at radius 2 is 1.83 bits per heavy atom. The number of fused-ring (bicyclic) bond motifs is 1. The Morgan fingerprint density at radius 3 is 2.50 bits per heavy atom. The lowest BCUT2D eigenvalue weighted by Gasteiger charge is -2.29. The van der Waals surface area contributed by atoms with E-state index in [0.717, 1.165) is 5.56 Å². The summed E-state index contributed by atoms with van der Waals surface area (Å²) in [7, 11) is 4.41. The molecule has 0 saturated carbocycles. The molecule has 188 valence electrons. The number of methoxy groups -OCH3 is 3. The van der Waals surface area contributed by atoms with E-state index in [1.54, 1.807) is 49.1 Å². The number of nitrogens with zero attached hydrogens (tertiary/aromatic N) is 1. The number of benzene rings is 2. The first-order valence-electron chi connectivity index (χ1n) is 11.3. The lowest BCUT2D eigenvalue weighted by atomic mass is 9.83. The summed E-state index contributed by atoms with van der Waals surface area (Å²) in [6.45, 7) is 2.21. The quantitative estimate of drug-likeness (QED) is 0.480. The fourth-order valence-corrected chi connectivity index (χ4v) is 4.67. The molecule has 0 bridgehead atoms. The highest BCUT2D eigenvalue weighted by molar-refractivity contribution is 6.30. The molecule has 0 aliphatic carbocycles. The average molecular weight is 511 g/mol. The molecule has 2 N–H and O–H groups in total. The molecule has 1 aromatic heterocycles. The number of hydrogen-bond acceptors (Lipinski definition) is 7. The Labute approximate surface area is 213 Å². The van der Waals surface area contributed by atoms with Gasteiger partial charge >= 0.3 is 5.97 Å². The van der Waals surface area contributed by atoms with Gasteiger partial charge in [0.25, 0.3) is 5.56 Å². The highest BCUT2D eigenvalue weighted by Gasteiger charge is 2.38. The number of carbonyl (C=O) groups excluding carboxylic acids is 1. The van der Waals surface area contributed by atoms with Gasteiger partial charge in [-0.1, -0.05) is 29.8 Å². The van der Waals surface area contributed by atoms with Crippen molar-refractivity contribution in [2.24, 2.45) is 5.73 Å². The van der Waals surface area contributed by atoms with Crippen LogP contribution in [0.2, 0.25) is 5.02 Å². The van der Waals surface area contributed by atoms with Crippen LogP contribution in [-0.2, 0) is 22.5 Å². The van der Waals surface area contributed by atoms with Crippen molar-refractivity contribution in [2.75, 3.05) is 21.3 Å². The monoisotopic (exact) mass is 510 g/mol. The zero-order chi connectivity index (χ0) is 26.0. The van der Waals surface area contributed by atoms with E-state index in [1.165, 1.54) is 7.11 Å². The summed E-state index contributed by atoms with van der Waals surface area (Å²) in [5.74, 6) is -0.0524. The van der Waals surface area contributed by atoms with Crippen LogP contribution < -0.4 is 25.5 Å². The van der Waals surface area contributed by atoms with Gasteiger partial charge in [0.15, 0.2) is 11.5 Å². The first-order valence-corrected chi connectivity index (χ1v) is 11.6. The van der Waals surface area contributed by atoms with Crippen molar-refractivity contribution in [2.45, 2.75) is 25.8 Å². The van der Waals surface area contributed by atoms with E-state index in [1.807, 2.05) is 25.1 Å². The molecule has 2 aromatic carbocycles. The van der Waals surface area contributed by atoms with Gasteiger partial charge in [0.05, 0.1) is 32.8 Å². The lowest BCUT2D eigenvalue weighted by Crippen LogP contribution is -2.35. The molecule has 0 amide bonds. The summed E-state index contributed by atoms with van der Waals surface area (Å²) in [6, 6.07) is 14.3. The summed E-state index contributed by atoms with van der Waals surface area (Å²) in [5, 5.41) is 0.462. The van der Waals surface area contributed by atoms with E-state index in [0.29, 0.717) is 52.1 Å². The van der Waals surface area contributed by atoms with E-state index in [4.69, 9.17) is 36.3 Å². The number of esters is 1. The summed E-state index contributed by atoms with van der Waals surface area (Å²) in [4.78, 5) is 26.6. The molecular weight excluding hydrogens is 484 g/mol. The van der Waals surface area contributed by atoms with E-state index < -0.39 is 11.9 Å². The third-order valence-electron chi connectivity index (χ3n) is 6.23. The molecule has 0 saturated heterocycles. The second kappa shape index (κ2) is 10.4. The zero-order valence-electron chi connectivity index (χ0n) is 20.5. The predicted octanol–water partition coefficient (Wildman–Crippen LogP) is 3.94. The maximum atomic E-state index is 13.9. The van der Waals surface area contributed by atoms with Gasteiger partial charge in [-0.2, -0.15) is 0 Å². The van der Waals surface area contributed by atoms with Crippen LogP contribution in [0.5, 0.6) is 17.2 Å². The number of halogens is 1. The standard InChI is InChI=1S/C27H27ClN2O6/c1-15-12-21-23(26(31)30(15)11-10-16-8-9-19(33-2)20(13-16)34-3)22(17-6-5-7-18(28)14-17)24(25(29)36-21)27(32)35-4/h5-9,12-14,22H,10-11,29H2,1-4H3/t22-/m1/s1. The van der Waals surface area contributed by atoms with Crippen LogP contribution in [0.4, 0.5) is 0 Å². The van der Waals surface area contributed by atoms with Crippen molar-refractivity contribution in [1.29, 1.82) is 0 Å². The van der Waals surface area contributed by atoms with Gasteiger partial charge in [-0.25, -0.2) is 4.79 Å². The van der Waals surface area contributed by atoms with Gasteiger partial charge < -0.3 is 29.2 Å². The first kappa shape index (κ1) is 25.2. The molecule has 8 nitrogen and oxygen atoms in total. The minimum atomic E-state index is -0.805. The Morgan fingerprint density at radius 1 is 1.08 bits per heavy atom. The molecule has 9 heteroatoms. The molecule has 0 unspecified atom stereocenters. The van der Waals surface area contributed by atoms with Gasteiger partial charge in [0.1, 0.15) is 11.3 Å². The molecule has 2 heterocycles. The molecule has 3 aromatic rings. The first-order chi connectivity index (χ1) is 17.3. The fraction of sp³-hybridized carbons (Fsp3) is 0.259. The van der Waals surface area contributed by atoms with Crippen molar-refractivity contribution in [3.8, 4) is 17.2 Å². The number of rotatable bonds is 7. The summed E-state index contributed by atoms with van der Waals surface area (Å²) in [6.07, 6.45) is 0.560. The third kappa shape index (κ3) is 4.64. The Balaban J connectivity index is 1.80. The molecule has 4 rings (SSSR count). The van der Waals surface area contributed by atoms with Crippen LogP contribution >= 0.6 is 11.6 Å². The van der Waals surface area contributed by atoms with Gasteiger partial charge in [-0.05, 0) is 48.7 Å². The van der Waals surface area contributed by atoms with Gasteiger partial charge in [0.2, 0.25) is 5.88 Å². The van der Waals surface area contributed by atoms with Gasteiger partial charge in [-0.3, -0.25) is 4.79 Å². The number of pyridine rings is 1. The Kier molecular flexibility index (Phi) is 7.26.